The molecular formula is C16H27NO2. The van der Waals surface area contributed by atoms with Gasteiger partial charge in [0.2, 0.25) is 0 Å². The summed E-state index contributed by atoms with van der Waals surface area (Å²) in [7, 11) is 1.68. The first-order chi connectivity index (χ1) is 9.07. The van der Waals surface area contributed by atoms with E-state index in [1.165, 1.54) is 32.1 Å². The van der Waals surface area contributed by atoms with Gasteiger partial charge in [0.05, 0.1) is 6.04 Å². The molecule has 1 fully saturated rings. The number of hydrogen-bond donors (Lipinski definition) is 1. The molecule has 1 aromatic heterocycles. The second-order valence-electron chi connectivity index (χ2n) is 6.38. The minimum absolute atomic E-state index is 0.0167. The van der Waals surface area contributed by atoms with Crippen LogP contribution in [0.5, 0.6) is 0 Å². The summed E-state index contributed by atoms with van der Waals surface area (Å²) in [6.07, 6.45) is 6.24. The minimum atomic E-state index is 0.0167. The van der Waals surface area contributed by atoms with Crippen molar-refractivity contribution in [3.63, 3.8) is 0 Å². The molecular weight excluding hydrogens is 238 g/mol. The molecule has 1 heterocycles. The quantitative estimate of drug-likeness (QED) is 0.844. The Morgan fingerprint density at radius 2 is 2.00 bits per heavy atom. The Labute approximate surface area is 116 Å². The molecule has 0 aliphatic heterocycles. The van der Waals surface area contributed by atoms with Gasteiger partial charge in [-0.3, -0.25) is 0 Å². The molecule has 0 aromatic carbocycles. The first-order valence-corrected chi connectivity index (χ1v) is 7.40. The summed E-state index contributed by atoms with van der Waals surface area (Å²) in [6, 6.07) is 4.03. The summed E-state index contributed by atoms with van der Waals surface area (Å²) in [4.78, 5) is 0. The van der Waals surface area contributed by atoms with Crippen LogP contribution in [0.2, 0.25) is 0 Å². The Morgan fingerprint density at radius 1 is 1.32 bits per heavy atom. The lowest BCUT2D eigenvalue weighted by Gasteiger charge is -2.35. The van der Waals surface area contributed by atoms with E-state index in [2.05, 4.69) is 13.8 Å². The number of hydrogen-bond acceptors (Lipinski definition) is 3. The fraction of sp³-hybridized carbons (Fsp3) is 0.750. The summed E-state index contributed by atoms with van der Waals surface area (Å²) in [5, 5.41) is 0. The molecule has 2 N–H and O–H groups in total. The van der Waals surface area contributed by atoms with E-state index in [9.17, 15) is 0 Å². The Kier molecular flexibility index (Phi) is 4.69. The van der Waals surface area contributed by atoms with Gasteiger partial charge in [-0.15, -0.1) is 0 Å². The highest BCUT2D eigenvalue weighted by atomic mass is 16.5. The third kappa shape index (κ3) is 3.21. The molecule has 1 saturated carbocycles. The topological polar surface area (TPSA) is 48.4 Å². The molecule has 3 nitrogen and oxygen atoms in total. The van der Waals surface area contributed by atoms with Crippen molar-refractivity contribution >= 4 is 0 Å². The molecule has 2 rings (SSSR count). The molecule has 3 heteroatoms. The normalized spacial score (nSPS) is 20.1. The Morgan fingerprint density at radius 3 is 2.58 bits per heavy atom. The van der Waals surface area contributed by atoms with Crippen LogP contribution >= 0.6 is 0 Å². The zero-order valence-electron chi connectivity index (χ0n) is 12.4. The fourth-order valence-electron chi connectivity index (χ4n) is 3.62. The van der Waals surface area contributed by atoms with E-state index in [0.717, 1.165) is 11.5 Å². The van der Waals surface area contributed by atoms with E-state index >= 15 is 0 Å². The lowest BCUT2D eigenvalue weighted by Crippen LogP contribution is -2.33. The van der Waals surface area contributed by atoms with Crippen molar-refractivity contribution in [2.24, 2.45) is 17.1 Å². The predicted octanol–water partition coefficient (Wildman–Crippen LogP) is 4.03. The molecule has 19 heavy (non-hydrogen) atoms. The van der Waals surface area contributed by atoms with Crippen molar-refractivity contribution in [3.8, 4) is 0 Å². The summed E-state index contributed by atoms with van der Waals surface area (Å²) in [5.41, 5.74) is 6.79. The molecule has 1 atom stereocenters. The molecule has 0 saturated heterocycles. The van der Waals surface area contributed by atoms with Gasteiger partial charge in [0.15, 0.2) is 0 Å². The summed E-state index contributed by atoms with van der Waals surface area (Å²) < 4.78 is 11.0. The van der Waals surface area contributed by atoms with Crippen LogP contribution in [0.25, 0.3) is 0 Å². The average molecular weight is 265 g/mol. The lowest BCUT2D eigenvalue weighted by atomic mass is 9.72. The maximum absolute atomic E-state index is 6.56. The SMILES string of the molecule is COCc1ccc(C(N)C2(CC(C)C)CCCC2)o1. The maximum Gasteiger partial charge on any atom is 0.129 e. The third-order valence-corrected chi connectivity index (χ3v) is 4.35. The standard InChI is InChI=1S/C16H27NO2/c1-12(2)10-16(8-4-5-9-16)15(17)14-7-6-13(19-14)11-18-3/h6-7,12,15H,4-5,8-11,17H2,1-3H3. The number of nitrogens with two attached hydrogens (primary N) is 1. The van der Waals surface area contributed by atoms with Crippen LogP contribution in [0.15, 0.2) is 16.5 Å². The molecule has 0 amide bonds. The molecule has 1 unspecified atom stereocenters. The zero-order chi connectivity index (χ0) is 13.9. The molecule has 1 aromatic rings. The summed E-state index contributed by atoms with van der Waals surface area (Å²) >= 11 is 0. The Hall–Kier alpha value is -0.800. The van der Waals surface area contributed by atoms with Crippen molar-refractivity contribution in [2.75, 3.05) is 7.11 Å². The Balaban J connectivity index is 2.16. The highest BCUT2D eigenvalue weighted by Gasteiger charge is 2.41. The predicted molar refractivity (Wildman–Crippen MR) is 76.7 cm³/mol. The van der Waals surface area contributed by atoms with E-state index in [-0.39, 0.29) is 11.5 Å². The van der Waals surface area contributed by atoms with Gasteiger partial charge < -0.3 is 14.9 Å². The molecule has 0 bridgehead atoms. The smallest absolute Gasteiger partial charge is 0.129 e. The minimum Gasteiger partial charge on any atom is -0.462 e. The highest BCUT2D eigenvalue weighted by Crippen LogP contribution is 2.50. The van der Waals surface area contributed by atoms with Crippen LogP contribution in [-0.2, 0) is 11.3 Å². The van der Waals surface area contributed by atoms with Crippen LogP contribution in [0.1, 0.15) is 63.5 Å². The summed E-state index contributed by atoms with van der Waals surface area (Å²) in [5.74, 6) is 2.47. The van der Waals surface area contributed by atoms with E-state index in [4.69, 9.17) is 14.9 Å². The van der Waals surface area contributed by atoms with Gasteiger partial charge in [0.1, 0.15) is 18.1 Å². The number of furan rings is 1. The largest absolute Gasteiger partial charge is 0.462 e. The fourth-order valence-corrected chi connectivity index (χ4v) is 3.62. The molecule has 1 aliphatic rings. The average Bonchev–Trinajstić information content (AvgIpc) is 2.98. The van der Waals surface area contributed by atoms with Crippen LogP contribution < -0.4 is 5.73 Å². The van der Waals surface area contributed by atoms with Crippen molar-refractivity contribution in [2.45, 2.75) is 58.6 Å². The van der Waals surface area contributed by atoms with Crippen molar-refractivity contribution < 1.29 is 9.15 Å². The molecule has 108 valence electrons. The zero-order valence-corrected chi connectivity index (χ0v) is 12.4. The first kappa shape index (κ1) is 14.6. The number of methoxy groups -OCH3 is 1. The van der Waals surface area contributed by atoms with Crippen LogP contribution in [0.4, 0.5) is 0 Å². The third-order valence-electron chi connectivity index (χ3n) is 4.35. The second kappa shape index (κ2) is 6.10. The monoisotopic (exact) mass is 265 g/mol. The van der Waals surface area contributed by atoms with Gasteiger partial charge >= 0.3 is 0 Å². The van der Waals surface area contributed by atoms with E-state index in [1.807, 2.05) is 12.1 Å². The van der Waals surface area contributed by atoms with Gasteiger partial charge in [-0.05, 0) is 42.7 Å². The maximum atomic E-state index is 6.56. The van der Waals surface area contributed by atoms with E-state index in [1.54, 1.807) is 7.11 Å². The highest BCUT2D eigenvalue weighted by molar-refractivity contribution is 5.14. The van der Waals surface area contributed by atoms with Crippen LogP contribution in [0.3, 0.4) is 0 Å². The van der Waals surface area contributed by atoms with Crippen molar-refractivity contribution in [1.29, 1.82) is 0 Å². The van der Waals surface area contributed by atoms with E-state index < -0.39 is 0 Å². The van der Waals surface area contributed by atoms with E-state index in [0.29, 0.717) is 12.5 Å². The molecule has 0 radical (unpaired) electrons. The Bertz CT molecular complexity index is 391. The number of ether oxygens (including phenoxy) is 1. The van der Waals surface area contributed by atoms with Gasteiger partial charge in [-0.1, -0.05) is 26.7 Å². The lowest BCUT2D eigenvalue weighted by molar-refractivity contribution is 0.145. The number of rotatable bonds is 6. The van der Waals surface area contributed by atoms with Crippen LogP contribution in [-0.4, -0.2) is 7.11 Å². The summed E-state index contributed by atoms with van der Waals surface area (Å²) in [6.45, 7) is 5.08. The van der Waals surface area contributed by atoms with Gasteiger partial charge in [0, 0.05) is 7.11 Å². The first-order valence-electron chi connectivity index (χ1n) is 7.40. The second-order valence-corrected chi connectivity index (χ2v) is 6.38. The van der Waals surface area contributed by atoms with Crippen LogP contribution in [0, 0.1) is 11.3 Å². The van der Waals surface area contributed by atoms with Crippen molar-refractivity contribution in [1.82, 2.24) is 0 Å². The molecule has 1 aliphatic carbocycles. The van der Waals surface area contributed by atoms with Crippen molar-refractivity contribution in [3.05, 3.63) is 23.7 Å². The van der Waals surface area contributed by atoms with Gasteiger partial charge in [0.25, 0.3) is 0 Å². The van der Waals surface area contributed by atoms with Gasteiger partial charge in [-0.25, -0.2) is 0 Å². The van der Waals surface area contributed by atoms with Gasteiger partial charge in [-0.2, -0.15) is 0 Å². The molecule has 0 spiro atoms.